The van der Waals surface area contributed by atoms with Crippen LogP contribution in [0, 0.1) is 0 Å². The summed E-state index contributed by atoms with van der Waals surface area (Å²) in [5, 5.41) is 9.13. The molecule has 0 aliphatic heterocycles. The van der Waals surface area contributed by atoms with Gasteiger partial charge in [0.2, 0.25) is 0 Å². The number of hydrogen-bond acceptors (Lipinski definition) is 3. The normalized spacial score (nSPS) is 12.2. The van der Waals surface area contributed by atoms with Crippen molar-refractivity contribution in [2.45, 2.75) is 18.9 Å². The third kappa shape index (κ3) is 3.40. The molecule has 1 unspecified atom stereocenters. The monoisotopic (exact) mass is 243 g/mol. The molecule has 1 aromatic carbocycles. The summed E-state index contributed by atoms with van der Waals surface area (Å²) in [6.07, 6.45) is 0.403. The molecule has 0 aliphatic carbocycles. The van der Waals surface area contributed by atoms with E-state index in [0.717, 1.165) is 5.56 Å². The van der Waals surface area contributed by atoms with Crippen molar-refractivity contribution in [1.29, 1.82) is 0 Å². The minimum absolute atomic E-state index is 0.0347. The minimum atomic E-state index is -0.858. The van der Waals surface area contributed by atoms with Gasteiger partial charge in [-0.3, -0.25) is 4.79 Å². The van der Waals surface area contributed by atoms with Crippen molar-refractivity contribution >= 4 is 17.6 Å². The van der Waals surface area contributed by atoms with E-state index in [0.29, 0.717) is 17.2 Å². The van der Waals surface area contributed by atoms with Gasteiger partial charge < -0.3 is 15.6 Å². The molecule has 1 atom stereocenters. The second kappa shape index (κ2) is 5.72. The molecule has 0 spiro atoms. The lowest BCUT2D eigenvalue weighted by atomic mass is 10.0. The van der Waals surface area contributed by atoms with E-state index in [2.05, 4.69) is 0 Å². The molecule has 0 bridgehead atoms. The lowest BCUT2D eigenvalue weighted by molar-refractivity contribution is -0.137. The Balaban J connectivity index is 2.81. The van der Waals surface area contributed by atoms with Crippen molar-refractivity contribution in [1.82, 2.24) is 0 Å². The van der Waals surface area contributed by atoms with Crippen LogP contribution < -0.4 is 10.5 Å². The SMILES string of the molecule is COc1cc(Cl)ccc1C(N)CCC(=O)O. The maximum Gasteiger partial charge on any atom is 0.303 e. The van der Waals surface area contributed by atoms with Crippen LogP contribution >= 0.6 is 11.6 Å². The zero-order valence-corrected chi connectivity index (χ0v) is 9.70. The van der Waals surface area contributed by atoms with E-state index in [1.54, 1.807) is 18.2 Å². The number of aliphatic carboxylic acids is 1. The molecule has 0 aliphatic rings. The Morgan fingerprint density at radius 2 is 2.31 bits per heavy atom. The second-order valence-corrected chi connectivity index (χ2v) is 3.86. The van der Waals surface area contributed by atoms with Crippen LogP contribution in [0.2, 0.25) is 5.02 Å². The number of carboxylic acid groups (broad SMARTS) is 1. The fourth-order valence-electron chi connectivity index (χ4n) is 1.43. The van der Waals surface area contributed by atoms with Crippen molar-refractivity contribution in [3.63, 3.8) is 0 Å². The molecular weight excluding hydrogens is 230 g/mol. The average molecular weight is 244 g/mol. The highest BCUT2D eigenvalue weighted by molar-refractivity contribution is 6.30. The first kappa shape index (κ1) is 12.8. The lowest BCUT2D eigenvalue weighted by Gasteiger charge is -2.15. The van der Waals surface area contributed by atoms with Crippen molar-refractivity contribution < 1.29 is 14.6 Å². The average Bonchev–Trinajstić information content (AvgIpc) is 2.25. The largest absolute Gasteiger partial charge is 0.496 e. The first-order valence-corrected chi connectivity index (χ1v) is 5.23. The summed E-state index contributed by atoms with van der Waals surface area (Å²) < 4.78 is 5.14. The van der Waals surface area contributed by atoms with Gasteiger partial charge in [0.15, 0.2) is 0 Å². The van der Waals surface area contributed by atoms with Gasteiger partial charge in [-0.25, -0.2) is 0 Å². The molecule has 0 saturated heterocycles. The number of ether oxygens (including phenoxy) is 1. The molecule has 5 heteroatoms. The molecule has 88 valence electrons. The molecule has 0 aromatic heterocycles. The molecule has 4 nitrogen and oxygen atoms in total. The summed E-state index contributed by atoms with van der Waals surface area (Å²) >= 11 is 5.81. The Morgan fingerprint density at radius 3 is 2.88 bits per heavy atom. The van der Waals surface area contributed by atoms with Gasteiger partial charge in [-0.05, 0) is 18.6 Å². The molecule has 0 fully saturated rings. The Morgan fingerprint density at radius 1 is 1.62 bits per heavy atom. The van der Waals surface area contributed by atoms with Crippen molar-refractivity contribution in [3.8, 4) is 5.75 Å². The third-order valence-corrected chi connectivity index (χ3v) is 2.50. The van der Waals surface area contributed by atoms with Gasteiger partial charge in [-0.2, -0.15) is 0 Å². The number of hydrogen-bond donors (Lipinski definition) is 2. The predicted octanol–water partition coefficient (Wildman–Crippen LogP) is 2.21. The van der Waals surface area contributed by atoms with Gasteiger partial charge >= 0.3 is 5.97 Å². The van der Waals surface area contributed by atoms with Gasteiger partial charge in [0.05, 0.1) is 7.11 Å². The summed E-state index contributed by atoms with van der Waals surface area (Å²) in [6, 6.07) is 4.77. The number of rotatable bonds is 5. The minimum Gasteiger partial charge on any atom is -0.496 e. The zero-order valence-electron chi connectivity index (χ0n) is 8.94. The van der Waals surface area contributed by atoms with Crippen LogP contribution in [0.25, 0.3) is 0 Å². The number of carboxylic acids is 1. The molecule has 3 N–H and O–H groups in total. The van der Waals surface area contributed by atoms with Crippen LogP contribution in [0.1, 0.15) is 24.4 Å². The van der Waals surface area contributed by atoms with E-state index >= 15 is 0 Å². The predicted molar refractivity (Wildman–Crippen MR) is 61.8 cm³/mol. The molecular formula is C11H14ClNO3. The first-order valence-electron chi connectivity index (χ1n) is 4.85. The highest BCUT2D eigenvalue weighted by Crippen LogP contribution is 2.29. The van der Waals surface area contributed by atoms with Gasteiger partial charge in [-0.1, -0.05) is 17.7 Å². The lowest BCUT2D eigenvalue weighted by Crippen LogP contribution is -2.13. The highest BCUT2D eigenvalue weighted by atomic mass is 35.5. The standard InChI is InChI=1S/C11H14ClNO3/c1-16-10-6-7(12)2-3-8(10)9(13)4-5-11(14)15/h2-3,6,9H,4-5,13H2,1H3,(H,14,15). The summed E-state index contributed by atoms with van der Waals surface area (Å²) in [7, 11) is 1.53. The van der Waals surface area contributed by atoms with E-state index in [9.17, 15) is 4.79 Å². The van der Waals surface area contributed by atoms with E-state index in [-0.39, 0.29) is 12.5 Å². The van der Waals surface area contributed by atoms with Gasteiger partial charge in [0, 0.05) is 23.0 Å². The Labute approximate surface area is 99.0 Å². The van der Waals surface area contributed by atoms with Crippen LogP contribution in [0.5, 0.6) is 5.75 Å². The second-order valence-electron chi connectivity index (χ2n) is 3.43. The summed E-state index contributed by atoms with van der Waals surface area (Å²) in [5.41, 5.74) is 6.65. The van der Waals surface area contributed by atoms with Gasteiger partial charge in [0.25, 0.3) is 0 Å². The van der Waals surface area contributed by atoms with Gasteiger partial charge in [-0.15, -0.1) is 0 Å². The molecule has 16 heavy (non-hydrogen) atoms. The molecule has 0 heterocycles. The van der Waals surface area contributed by atoms with Crippen LogP contribution in [0.4, 0.5) is 0 Å². The van der Waals surface area contributed by atoms with Crippen LogP contribution in [-0.2, 0) is 4.79 Å². The summed E-state index contributed by atoms with van der Waals surface area (Å²) in [4.78, 5) is 10.4. The molecule has 1 aromatic rings. The number of halogens is 1. The van der Waals surface area contributed by atoms with E-state index in [4.69, 9.17) is 27.2 Å². The van der Waals surface area contributed by atoms with E-state index < -0.39 is 5.97 Å². The van der Waals surface area contributed by atoms with Gasteiger partial charge in [0.1, 0.15) is 5.75 Å². The number of benzene rings is 1. The van der Waals surface area contributed by atoms with Crippen LogP contribution in [-0.4, -0.2) is 18.2 Å². The number of methoxy groups -OCH3 is 1. The Hall–Kier alpha value is -1.26. The van der Waals surface area contributed by atoms with Crippen LogP contribution in [0.3, 0.4) is 0 Å². The fraction of sp³-hybridized carbons (Fsp3) is 0.364. The highest BCUT2D eigenvalue weighted by Gasteiger charge is 2.13. The van der Waals surface area contributed by atoms with Crippen molar-refractivity contribution in [3.05, 3.63) is 28.8 Å². The maximum atomic E-state index is 10.4. The smallest absolute Gasteiger partial charge is 0.303 e. The zero-order chi connectivity index (χ0) is 12.1. The maximum absolute atomic E-state index is 10.4. The fourth-order valence-corrected chi connectivity index (χ4v) is 1.59. The number of nitrogens with two attached hydrogens (primary N) is 1. The molecule has 0 amide bonds. The quantitative estimate of drug-likeness (QED) is 0.832. The van der Waals surface area contributed by atoms with E-state index in [1.807, 2.05) is 0 Å². The number of carbonyl (C=O) groups is 1. The van der Waals surface area contributed by atoms with E-state index in [1.165, 1.54) is 7.11 Å². The molecule has 0 saturated carbocycles. The molecule has 1 rings (SSSR count). The Kier molecular flexibility index (Phi) is 4.58. The summed E-state index contributed by atoms with van der Waals surface area (Å²) in [5.74, 6) is -0.270. The first-order chi connectivity index (χ1) is 7.54. The topological polar surface area (TPSA) is 72.5 Å². The third-order valence-electron chi connectivity index (χ3n) is 2.26. The van der Waals surface area contributed by atoms with Crippen molar-refractivity contribution in [2.75, 3.05) is 7.11 Å². The Bertz CT molecular complexity index is 381. The summed E-state index contributed by atoms with van der Waals surface area (Å²) in [6.45, 7) is 0. The van der Waals surface area contributed by atoms with Crippen LogP contribution in [0.15, 0.2) is 18.2 Å². The van der Waals surface area contributed by atoms with Crippen molar-refractivity contribution in [2.24, 2.45) is 5.73 Å². The molecule has 0 radical (unpaired) electrons.